The van der Waals surface area contributed by atoms with Crippen molar-refractivity contribution in [2.45, 2.75) is 25.3 Å². The number of hydrogen-bond donors (Lipinski definition) is 2. The van der Waals surface area contributed by atoms with Crippen molar-refractivity contribution in [3.05, 3.63) is 29.3 Å². The minimum Gasteiger partial charge on any atom is -0.368 e. The number of carbonyl (C=O) groups is 1. The van der Waals surface area contributed by atoms with Crippen molar-refractivity contribution in [1.29, 1.82) is 0 Å². The Morgan fingerprint density at radius 3 is 2.89 bits per heavy atom. The first-order chi connectivity index (χ1) is 9.29. The summed E-state index contributed by atoms with van der Waals surface area (Å²) in [5, 5.41) is 6.11. The number of anilines is 1. The van der Waals surface area contributed by atoms with Crippen LogP contribution in [0, 0.1) is 0 Å². The zero-order chi connectivity index (χ0) is 13.2. The van der Waals surface area contributed by atoms with Crippen LogP contribution in [0.3, 0.4) is 0 Å². The molecule has 2 aliphatic heterocycles. The van der Waals surface area contributed by atoms with E-state index in [1.165, 1.54) is 24.1 Å². The summed E-state index contributed by atoms with van der Waals surface area (Å²) in [5.74, 6) is -0.0000363. The van der Waals surface area contributed by atoms with Crippen LogP contribution in [0.25, 0.3) is 0 Å². The molecular weight excluding hydrogens is 238 g/mol. The second-order valence-electron chi connectivity index (χ2n) is 5.35. The number of amides is 1. The van der Waals surface area contributed by atoms with E-state index in [9.17, 15) is 4.79 Å². The molecule has 0 radical (unpaired) electrons. The Kier molecular flexibility index (Phi) is 3.42. The highest BCUT2D eigenvalue weighted by Crippen LogP contribution is 2.32. The summed E-state index contributed by atoms with van der Waals surface area (Å²) in [6.45, 7) is 3.30. The number of carbonyl (C=O) groups excluding carboxylic acids is 1. The maximum atomic E-state index is 11.8. The van der Waals surface area contributed by atoms with Crippen molar-refractivity contribution in [1.82, 2.24) is 10.6 Å². The van der Waals surface area contributed by atoms with Gasteiger partial charge in [0.1, 0.15) is 0 Å². The van der Waals surface area contributed by atoms with Gasteiger partial charge in [0.25, 0.3) is 5.91 Å². The van der Waals surface area contributed by atoms with Gasteiger partial charge < -0.3 is 15.5 Å². The first-order valence-corrected chi connectivity index (χ1v) is 7.12. The molecule has 0 aliphatic carbocycles. The Labute approximate surface area is 114 Å². The first kappa shape index (κ1) is 12.5. The third-order valence-corrected chi connectivity index (χ3v) is 4.26. The second kappa shape index (κ2) is 5.21. The smallest absolute Gasteiger partial charge is 0.251 e. The van der Waals surface area contributed by atoms with E-state index in [0.717, 1.165) is 31.6 Å². The van der Waals surface area contributed by atoms with Crippen LogP contribution in [0.4, 0.5) is 5.69 Å². The van der Waals surface area contributed by atoms with E-state index >= 15 is 0 Å². The van der Waals surface area contributed by atoms with Crippen LogP contribution in [-0.4, -0.2) is 38.6 Å². The number of nitrogens with one attached hydrogen (secondary N) is 2. The van der Waals surface area contributed by atoms with Crippen LogP contribution in [0.2, 0.25) is 0 Å². The van der Waals surface area contributed by atoms with Gasteiger partial charge in [-0.1, -0.05) is 6.07 Å². The Balaban J connectivity index is 1.87. The van der Waals surface area contributed by atoms with E-state index in [1.54, 1.807) is 7.05 Å². The maximum absolute atomic E-state index is 11.8. The number of benzene rings is 1. The lowest BCUT2D eigenvalue weighted by Gasteiger charge is -2.33. The molecule has 0 unspecified atom stereocenters. The standard InChI is InChI=1S/C15H21N3O/c1-16-15(19)12-3-2-11-6-9-18(14(11)10-12)13-4-7-17-8-5-13/h2-3,10,13,17H,4-9H2,1H3,(H,16,19). The van der Waals surface area contributed by atoms with Gasteiger partial charge in [0.2, 0.25) is 0 Å². The maximum Gasteiger partial charge on any atom is 0.251 e. The lowest BCUT2D eigenvalue weighted by molar-refractivity contribution is 0.0963. The van der Waals surface area contributed by atoms with Crippen LogP contribution >= 0.6 is 0 Å². The molecule has 0 atom stereocenters. The molecule has 1 saturated heterocycles. The van der Waals surface area contributed by atoms with Crippen LogP contribution < -0.4 is 15.5 Å². The average molecular weight is 259 g/mol. The van der Waals surface area contributed by atoms with E-state index in [2.05, 4.69) is 27.7 Å². The Morgan fingerprint density at radius 1 is 1.37 bits per heavy atom. The highest BCUT2D eigenvalue weighted by Gasteiger charge is 2.27. The predicted octanol–water partition coefficient (Wildman–Crippen LogP) is 1.16. The zero-order valence-corrected chi connectivity index (χ0v) is 11.4. The van der Waals surface area contributed by atoms with Gasteiger partial charge in [-0.3, -0.25) is 4.79 Å². The molecule has 1 aromatic rings. The van der Waals surface area contributed by atoms with E-state index in [-0.39, 0.29) is 5.91 Å². The van der Waals surface area contributed by atoms with Gasteiger partial charge in [-0.15, -0.1) is 0 Å². The summed E-state index contributed by atoms with van der Waals surface area (Å²) in [4.78, 5) is 14.3. The monoisotopic (exact) mass is 259 g/mol. The molecule has 2 N–H and O–H groups in total. The molecule has 3 rings (SSSR count). The van der Waals surface area contributed by atoms with E-state index in [4.69, 9.17) is 0 Å². The minimum atomic E-state index is -0.0000363. The predicted molar refractivity (Wildman–Crippen MR) is 76.8 cm³/mol. The molecule has 1 fully saturated rings. The molecule has 1 aromatic carbocycles. The third kappa shape index (κ3) is 2.32. The van der Waals surface area contributed by atoms with Gasteiger partial charge in [-0.2, -0.15) is 0 Å². The second-order valence-corrected chi connectivity index (χ2v) is 5.35. The lowest BCUT2D eigenvalue weighted by Crippen LogP contribution is -2.42. The SMILES string of the molecule is CNC(=O)c1ccc2c(c1)N(C1CCNCC1)CC2. The summed E-state index contributed by atoms with van der Waals surface area (Å²) >= 11 is 0. The van der Waals surface area contributed by atoms with Crippen molar-refractivity contribution >= 4 is 11.6 Å². The quantitative estimate of drug-likeness (QED) is 0.838. The fourth-order valence-electron chi connectivity index (χ4n) is 3.19. The zero-order valence-electron chi connectivity index (χ0n) is 11.4. The molecule has 4 heteroatoms. The van der Waals surface area contributed by atoms with Crippen molar-refractivity contribution in [3.63, 3.8) is 0 Å². The summed E-state index contributed by atoms with van der Waals surface area (Å²) in [7, 11) is 1.68. The average Bonchev–Trinajstić information content (AvgIpc) is 2.90. The first-order valence-electron chi connectivity index (χ1n) is 7.12. The van der Waals surface area contributed by atoms with E-state index < -0.39 is 0 Å². The molecule has 0 bridgehead atoms. The highest BCUT2D eigenvalue weighted by molar-refractivity contribution is 5.95. The van der Waals surface area contributed by atoms with E-state index in [0.29, 0.717) is 6.04 Å². The fraction of sp³-hybridized carbons (Fsp3) is 0.533. The molecular formula is C15H21N3O. The summed E-state index contributed by atoms with van der Waals surface area (Å²) in [5.41, 5.74) is 3.42. The lowest BCUT2D eigenvalue weighted by atomic mass is 10.0. The van der Waals surface area contributed by atoms with Gasteiger partial charge in [0.15, 0.2) is 0 Å². The topological polar surface area (TPSA) is 44.4 Å². The van der Waals surface area contributed by atoms with Crippen molar-refractivity contribution in [2.75, 3.05) is 31.6 Å². The molecule has 102 valence electrons. The molecule has 2 heterocycles. The third-order valence-electron chi connectivity index (χ3n) is 4.26. The molecule has 1 amide bonds. The summed E-state index contributed by atoms with van der Waals surface area (Å²) in [6.07, 6.45) is 3.50. The molecule has 4 nitrogen and oxygen atoms in total. The van der Waals surface area contributed by atoms with Crippen molar-refractivity contribution in [3.8, 4) is 0 Å². The number of piperidine rings is 1. The number of hydrogen-bond acceptors (Lipinski definition) is 3. The molecule has 0 saturated carbocycles. The molecule has 2 aliphatic rings. The van der Waals surface area contributed by atoms with Crippen LogP contribution in [0.5, 0.6) is 0 Å². The number of fused-ring (bicyclic) bond motifs is 1. The van der Waals surface area contributed by atoms with Gasteiger partial charge in [0.05, 0.1) is 0 Å². The number of rotatable bonds is 2. The van der Waals surface area contributed by atoms with Crippen LogP contribution in [0.1, 0.15) is 28.8 Å². The highest BCUT2D eigenvalue weighted by atomic mass is 16.1. The normalized spacial score (nSPS) is 19.3. The Bertz CT molecular complexity index is 480. The largest absolute Gasteiger partial charge is 0.368 e. The van der Waals surface area contributed by atoms with Crippen molar-refractivity contribution < 1.29 is 4.79 Å². The summed E-state index contributed by atoms with van der Waals surface area (Å²) < 4.78 is 0. The number of nitrogens with zero attached hydrogens (tertiary/aromatic N) is 1. The van der Waals surface area contributed by atoms with Gasteiger partial charge >= 0.3 is 0 Å². The van der Waals surface area contributed by atoms with Gasteiger partial charge in [0, 0.05) is 30.9 Å². The molecule has 0 spiro atoms. The van der Waals surface area contributed by atoms with Gasteiger partial charge in [-0.25, -0.2) is 0 Å². The summed E-state index contributed by atoms with van der Waals surface area (Å²) in [6, 6.07) is 6.73. The Morgan fingerprint density at radius 2 is 2.16 bits per heavy atom. The van der Waals surface area contributed by atoms with Crippen molar-refractivity contribution in [2.24, 2.45) is 0 Å². The fourth-order valence-corrected chi connectivity index (χ4v) is 3.19. The van der Waals surface area contributed by atoms with Gasteiger partial charge in [-0.05, 0) is 50.0 Å². The molecule has 0 aromatic heterocycles. The van der Waals surface area contributed by atoms with Crippen LogP contribution in [-0.2, 0) is 6.42 Å². The van der Waals surface area contributed by atoms with Crippen LogP contribution in [0.15, 0.2) is 18.2 Å². The Hall–Kier alpha value is -1.55. The molecule has 19 heavy (non-hydrogen) atoms. The minimum absolute atomic E-state index is 0.0000363. The van der Waals surface area contributed by atoms with E-state index in [1.807, 2.05) is 6.07 Å².